The maximum atomic E-state index is 12.5. The van der Waals surface area contributed by atoms with Crippen molar-refractivity contribution < 1.29 is 9.59 Å². The molecule has 2 aromatic carbocycles. The molecule has 154 valence electrons. The lowest BCUT2D eigenvalue weighted by molar-refractivity contribution is -0.116. The molecule has 0 radical (unpaired) electrons. The lowest BCUT2D eigenvalue weighted by Crippen LogP contribution is -2.35. The van der Waals surface area contributed by atoms with Crippen molar-refractivity contribution in [1.82, 2.24) is 10.3 Å². The van der Waals surface area contributed by atoms with E-state index in [0.29, 0.717) is 5.69 Å². The summed E-state index contributed by atoms with van der Waals surface area (Å²) in [4.78, 5) is 29.1. The minimum atomic E-state index is -0.663. The van der Waals surface area contributed by atoms with E-state index in [2.05, 4.69) is 15.6 Å². The third-order valence-electron chi connectivity index (χ3n) is 4.42. The molecule has 0 aliphatic heterocycles. The van der Waals surface area contributed by atoms with Crippen molar-refractivity contribution in [2.75, 3.05) is 5.32 Å². The Morgan fingerprint density at radius 2 is 1.90 bits per heavy atom. The second-order valence-electron chi connectivity index (χ2n) is 6.90. The fourth-order valence-corrected chi connectivity index (χ4v) is 3.83. The molecule has 0 unspecified atom stereocenters. The highest BCUT2D eigenvalue weighted by molar-refractivity contribution is 7.98. The number of aromatic nitrogens is 1. The van der Waals surface area contributed by atoms with E-state index in [1.54, 1.807) is 18.0 Å². The van der Waals surface area contributed by atoms with Gasteiger partial charge in [-0.15, -0.1) is 11.8 Å². The fraction of sp³-hybridized carbons (Fsp3) is 0.174. The summed E-state index contributed by atoms with van der Waals surface area (Å²) in [6.45, 7) is 1.96. The lowest BCUT2D eigenvalue weighted by Gasteiger charge is -2.18. The van der Waals surface area contributed by atoms with Crippen LogP contribution in [-0.2, 0) is 10.5 Å². The highest BCUT2D eigenvalue weighted by atomic mass is 32.2. The van der Waals surface area contributed by atoms with Crippen molar-refractivity contribution in [3.63, 3.8) is 0 Å². The van der Waals surface area contributed by atoms with Crippen LogP contribution in [0.25, 0.3) is 0 Å². The monoisotopic (exact) mass is 420 g/mol. The van der Waals surface area contributed by atoms with Gasteiger partial charge in [-0.2, -0.15) is 0 Å². The molecule has 3 amide bonds. The van der Waals surface area contributed by atoms with Crippen LogP contribution in [-0.4, -0.2) is 16.9 Å². The van der Waals surface area contributed by atoms with Gasteiger partial charge in [0.05, 0.1) is 12.5 Å². The summed E-state index contributed by atoms with van der Waals surface area (Å²) < 4.78 is 0. The quantitative estimate of drug-likeness (QED) is 0.470. The molecule has 6 nitrogen and oxygen atoms in total. The topological polar surface area (TPSA) is 97.1 Å². The number of carbonyl (C=O) groups excluding carboxylic acids is 2. The van der Waals surface area contributed by atoms with Crippen molar-refractivity contribution in [2.45, 2.75) is 30.0 Å². The number of nitrogens with zero attached hydrogens (tertiary/aromatic N) is 1. The number of nitrogens with one attached hydrogen (secondary N) is 2. The molecule has 0 spiro atoms. The summed E-state index contributed by atoms with van der Waals surface area (Å²) in [5, 5.41) is 5.53. The van der Waals surface area contributed by atoms with Gasteiger partial charge in [-0.3, -0.25) is 9.78 Å². The predicted molar refractivity (Wildman–Crippen MR) is 120 cm³/mol. The molecule has 0 bridgehead atoms. The summed E-state index contributed by atoms with van der Waals surface area (Å²) in [7, 11) is 0. The number of benzene rings is 2. The van der Waals surface area contributed by atoms with E-state index in [1.807, 2.05) is 73.8 Å². The predicted octanol–water partition coefficient (Wildman–Crippen LogP) is 4.42. The first-order valence-electron chi connectivity index (χ1n) is 9.54. The summed E-state index contributed by atoms with van der Waals surface area (Å²) >= 11 is 1.70. The molecule has 1 atom stereocenters. The van der Waals surface area contributed by atoms with Gasteiger partial charge in [0.1, 0.15) is 0 Å². The Balaban J connectivity index is 1.58. The molecule has 30 heavy (non-hydrogen) atoms. The Bertz CT molecular complexity index is 994. The third kappa shape index (κ3) is 6.63. The molecule has 3 aromatic rings. The molecule has 0 aliphatic carbocycles. The maximum absolute atomic E-state index is 12.5. The lowest BCUT2D eigenvalue weighted by atomic mass is 10.0. The highest BCUT2D eigenvalue weighted by Crippen LogP contribution is 2.24. The molecule has 3 rings (SSSR count). The third-order valence-corrected chi connectivity index (χ3v) is 5.50. The van der Waals surface area contributed by atoms with Gasteiger partial charge >= 0.3 is 6.03 Å². The number of primary amides is 1. The number of aryl methyl sites for hydroxylation is 1. The van der Waals surface area contributed by atoms with E-state index in [-0.39, 0.29) is 12.3 Å². The van der Waals surface area contributed by atoms with Crippen LogP contribution in [0.4, 0.5) is 10.5 Å². The van der Waals surface area contributed by atoms with Crippen molar-refractivity contribution in [3.05, 3.63) is 89.7 Å². The largest absolute Gasteiger partial charge is 0.352 e. The standard InChI is InChI=1S/C23H24N4O2S/c1-16-4-2-6-18(12-16)21(27-23(24)29)13-22(28)26-19-7-9-20(10-8-19)30-15-17-5-3-11-25-14-17/h2-12,14,21H,13,15H2,1H3,(H,26,28)(H3,24,27,29)/t21-/m0/s1. The van der Waals surface area contributed by atoms with Crippen molar-refractivity contribution >= 4 is 29.4 Å². The van der Waals surface area contributed by atoms with Gasteiger partial charge in [0.2, 0.25) is 5.91 Å². The first-order valence-corrected chi connectivity index (χ1v) is 10.5. The SMILES string of the molecule is Cc1cccc([C@H](CC(=O)Nc2ccc(SCc3cccnc3)cc2)NC(N)=O)c1. The van der Waals surface area contributed by atoms with Gasteiger partial charge in [-0.25, -0.2) is 4.79 Å². The van der Waals surface area contributed by atoms with E-state index in [4.69, 9.17) is 5.73 Å². The van der Waals surface area contributed by atoms with Gasteiger partial charge < -0.3 is 16.4 Å². The first kappa shape index (κ1) is 21.4. The summed E-state index contributed by atoms with van der Waals surface area (Å²) in [5.41, 5.74) is 9.04. The second-order valence-corrected chi connectivity index (χ2v) is 7.95. The zero-order valence-electron chi connectivity index (χ0n) is 16.7. The van der Waals surface area contributed by atoms with Gasteiger partial charge in [0, 0.05) is 28.7 Å². The van der Waals surface area contributed by atoms with Crippen LogP contribution < -0.4 is 16.4 Å². The zero-order valence-corrected chi connectivity index (χ0v) is 17.5. The normalized spacial score (nSPS) is 11.5. The van der Waals surface area contributed by atoms with Crippen LogP contribution in [0, 0.1) is 6.92 Å². The smallest absolute Gasteiger partial charge is 0.312 e. The number of anilines is 1. The van der Waals surface area contributed by atoms with Crippen LogP contribution in [0.3, 0.4) is 0 Å². The first-order chi connectivity index (χ1) is 14.5. The Labute approximate surface area is 180 Å². The number of thioether (sulfide) groups is 1. The van der Waals surface area contributed by atoms with Gasteiger partial charge in [0.15, 0.2) is 0 Å². The Kier molecular flexibility index (Phi) is 7.45. The summed E-state index contributed by atoms with van der Waals surface area (Å²) in [6, 6.07) is 18.1. The zero-order chi connectivity index (χ0) is 21.3. The van der Waals surface area contributed by atoms with Crippen LogP contribution >= 0.6 is 11.8 Å². The molecule has 4 N–H and O–H groups in total. The van der Waals surface area contributed by atoms with Crippen molar-refractivity contribution in [3.8, 4) is 0 Å². The second kappa shape index (κ2) is 10.5. The van der Waals surface area contributed by atoms with E-state index < -0.39 is 12.1 Å². The fourth-order valence-electron chi connectivity index (χ4n) is 2.99. The average Bonchev–Trinajstić information content (AvgIpc) is 2.73. The number of urea groups is 1. The van der Waals surface area contributed by atoms with E-state index >= 15 is 0 Å². The molecular formula is C23H24N4O2S. The number of nitrogens with two attached hydrogens (primary N) is 1. The Morgan fingerprint density at radius 1 is 1.10 bits per heavy atom. The van der Waals surface area contributed by atoms with Crippen molar-refractivity contribution in [1.29, 1.82) is 0 Å². The summed E-state index contributed by atoms with van der Waals surface area (Å²) in [6.07, 6.45) is 3.70. The van der Waals surface area contributed by atoms with E-state index in [9.17, 15) is 9.59 Å². The van der Waals surface area contributed by atoms with Crippen molar-refractivity contribution in [2.24, 2.45) is 5.73 Å². The van der Waals surface area contributed by atoms with Gasteiger partial charge in [0.25, 0.3) is 0 Å². The molecule has 0 fully saturated rings. The number of pyridine rings is 1. The minimum absolute atomic E-state index is 0.0872. The minimum Gasteiger partial charge on any atom is -0.352 e. The summed E-state index contributed by atoms with van der Waals surface area (Å²) in [5.74, 6) is 0.627. The number of carbonyl (C=O) groups is 2. The number of rotatable bonds is 8. The van der Waals surface area contributed by atoms with Crippen LogP contribution in [0.2, 0.25) is 0 Å². The molecule has 1 heterocycles. The number of hydrogen-bond donors (Lipinski definition) is 3. The van der Waals surface area contributed by atoms with Gasteiger partial charge in [-0.1, -0.05) is 35.9 Å². The molecular weight excluding hydrogens is 396 g/mol. The van der Waals surface area contributed by atoms with Crippen LogP contribution in [0.5, 0.6) is 0 Å². The molecule has 0 saturated carbocycles. The molecule has 0 aliphatic rings. The van der Waals surface area contributed by atoms with Gasteiger partial charge in [-0.05, 0) is 48.4 Å². The molecule has 1 aromatic heterocycles. The Morgan fingerprint density at radius 3 is 2.57 bits per heavy atom. The molecule has 0 saturated heterocycles. The average molecular weight is 421 g/mol. The van der Waals surface area contributed by atoms with E-state index in [1.165, 1.54) is 0 Å². The van der Waals surface area contributed by atoms with Crippen LogP contribution in [0.15, 0.2) is 78.0 Å². The maximum Gasteiger partial charge on any atom is 0.312 e. The van der Waals surface area contributed by atoms with E-state index in [0.717, 1.165) is 27.3 Å². The molecule has 7 heteroatoms. The van der Waals surface area contributed by atoms with Crippen LogP contribution in [0.1, 0.15) is 29.2 Å². The number of amides is 3. The number of hydrogen-bond acceptors (Lipinski definition) is 4. The Hall–Kier alpha value is -3.32. The highest BCUT2D eigenvalue weighted by Gasteiger charge is 2.17.